The largest absolute Gasteiger partial charge is 0.455 e. The molecule has 1 fully saturated rings. The number of methoxy groups -OCH3 is 1. The minimum absolute atomic E-state index is 0.0168. The highest BCUT2D eigenvalue weighted by Crippen LogP contribution is 2.58. The normalized spacial score (nSPS) is 37.8. The number of rotatable bonds is 3. The summed E-state index contributed by atoms with van der Waals surface area (Å²) in [6.45, 7) is 2.62. The Labute approximate surface area is 61.2 Å². The first-order valence-corrected chi connectivity index (χ1v) is 3.45. The molecule has 0 radical (unpaired) electrons. The van der Waals surface area contributed by atoms with Gasteiger partial charge < -0.3 is 14.8 Å². The Hall–Kier alpha value is -0.0551. The molecule has 0 aromatic carbocycles. The van der Waals surface area contributed by atoms with Crippen molar-refractivity contribution in [2.75, 3.05) is 13.7 Å². The Kier molecular flexibility index (Phi) is 2.03. The molecule has 58 valence electrons. The monoisotopic (exact) mass is 144 g/mol. The molecular formula is C6H13BO3. The van der Waals surface area contributed by atoms with Crippen LogP contribution >= 0.6 is 0 Å². The van der Waals surface area contributed by atoms with Gasteiger partial charge in [-0.15, -0.1) is 0 Å². The van der Waals surface area contributed by atoms with Gasteiger partial charge in [-0.3, -0.25) is 0 Å². The third-order valence-corrected chi connectivity index (χ3v) is 2.26. The molecule has 1 aliphatic rings. The molecule has 0 saturated heterocycles. The molecule has 3 nitrogen and oxygen atoms in total. The standard InChI is InChI=1S/C6H13BO3/c1-6(4-10-2)3-5(6)7(8)9/h5,8-9H,3-4H2,1-2H3. The van der Waals surface area contributed by atoms with Gasteiger partial charge in [0, 0.05) is 12.9 Å². The van der Waals surface area contributed by atoms with Crippen molar-refractivity contribution in [1.82, 2.24) is 0 Å². The molecule has 0 spiro atoms. The molecule has 1 rings (SSSR count). The molecule has 2 atom stereocenters. The van der Waals surface area contributed by atoms with Crippen LogP contribution in [0.5, 0.6) is 0 Å². The van der Waals surface area contributed by atoms with Crippen LogP contribution in [0.1, 0.15) is 13.3 Å². The van der Waals surface area contributed by atoms with Crippen molar-refractivity contribution in [1.29, 1.82) is 0 Å². The summed E-state index contributed by atoms with van der Waals surface area (Å²) in [7, 11) is 0.463. The Morgan fingerprint density at radius 2 is 2.30 bits per heavy atom. The third-order valence-electron chi connectivity index (χ3n) is 2.26. The first-order valence-electron chi connectivity index (χ1n) is 3.45. The minimum Gasteiger partial charge on any atom is -0.427 e. The average molecular weight is 144 g/mol. The smallest absolute Gasteiger partial charge is 0.427 e. The van der Waals surface area contributed by atoms with E-state index < -0.39 is 7.12 Å². The lowest BCUT2D eigenvalue weighted by Gasteiger charge is -2.07. The predicted octanol–water partition coefficient (Wildman–Crippen LogP) is -0.114. The van der Waals surface area contributed by atoms with Gasteiger partial charge in [0.25, 0.3) is 0 Å². The Morgan fingerprint density at radius 3 is 2.60 bits per heavy atom. The van der Waals surface area contributed by atoms with Gasteiger partial charge in [0.15, 0.2) is 0 Å². The number of ether oxygens (including phenoxy) is 1. The SMILES string of the molecule is COCC1(C)CC1B(O)O. The second-order valence-corrected chi connectivity index (χ2v) is 3.31. The summed E-state index contributed by atoms with van der Waals surface area (Å²) in [4.78, 5) is 0. The van der Waals surface area contributed by atoms with E-state index in [-0.39, 0.29) is 11.2 Å². The highest BCUT2D eigenvalue weighted by atomic mass is 16.5. The fraction of sp³-hybridized carbons (Fsp3) is 1.00. The van der Waals surface area contributed by atoms with Gasteiger partial charge in [-0.05, 0) is 11.8 Å². The average Bonchev–Trinajstić information content (AvgIpc) is 2.43. The lowest BCUT2D eigenvalue weighted by atomic mass is 9.79. The molecule has 0 bridgehead atoms. The Morgan fingerprint density at radius 1 is 1.70 bits per heavy atom. The minimum atomic E-state index is -1.17. The van der Waals surface area contributed by atoms with Gasteiger partial charge in [0.05, 0.1) is 6.61 Å². The zero-order chi connectivity index (χ0) is 7.78. The van der Waals surface area contributed by atoms with Crippen LogP contribution in [0.25, 0.3) is 0 Å². The van der Waals surface area contributed by atoms with Crippen molar-refractivity contribution in [3.63, 3.8) is 0 Å². The van der Waals surface area contributed by atoms with E-state index in [2.05, 4.69) is 0 Å². The van der Waals surface area contributed by atoms with Crippen LogP contribution in [0.3, 0.4) is 0 Å². The maximum Gasteiger partial charge on any atom is 0.455 e. The van der Waals surface area contributed by atoms with Crippen LogP contribution in [-0.2, 0) is 4.74 Å². The summed E-state index contributed by atoms with van der Waals surface area (Å²) in [5.74, 6) is 0.0208. The molecule has 0 aromatic heterocycles. The molecule has 1 saturated carbocycles. The maximum absolute atomic E-state index is 8.75. The van der Waals surface area contributed by atoms with E-state index in [0.717, 1.165) is 6.42 Å². The highest BCUT2D eigenvalue weighted by Gasteiger charge is 2.55. The quantitative estimate of drug-likeness (QED) is 0.543. The van der Waals surface area contributed by atoms with E-state index in [9.17, 15) is 0 Å². The van der Waals surface area contributed by atoms with E-state index in [1.165, 1.54) is 0 Å². The number of hydrogen-bond donors (Lipinski definition) is 2. The van der Waals surface area contributed by atoms with Crippen molar-refractivity contribution >= 4 is 7.12 Å². The zero-order valence-corrected chi connectivity index (χ0v) is 6.37. The molecule has 1 aliphatic carbocycles. The van der Waals surface area contributed by atoms with Crippen molar-refractivity contribution in [2.24, 2.45) is 5.41 Å². The summed E-state index contributed by atoms with van der Waals surface area (Å²) >= 11 is 0. The van der Waals surface area contributed by atoms with E-state index in [0.29, 0.717) is 6.61 Å². The van der Waals surface area contributed by atoms with E-state index in [1.54, 1.807) is 7.11 Å². The lowest BCUT2D eigenvalue weighted by molar-refractivity contribution is 0.148. The summed E-state index contributed by atoms with van der Waals surface area (Å²) in [5, 5.41) is 17.5. The highest BCUT2D eigenvalue weighted by molar-refractivity contribution is 6.44. The fourth-order valence-corrected chi connectivity index (χ4v) is 1.40. The van der Waals surface area contributed by atoms with E-state index >= 15 is 0 Å². The first-order chi connectivity index (χ1) is 4.60. The van der Waals surface area contributed by atoms with Gasteiger partial charge >= 0.3 is 7.12 Å². The fourth-order valence-electron chi connectivity index (χ4n) is 1.40. The third kappa shape index (κ3) is 1.33. The molecule has 4 heteroatoms. The Balaban J connectivity index is 2.33. The van der Waals surface area contributed by atoms with Crippen molar-refractivity contribution in [2.45, 2.75) is 19.2 Å². The lowest BCUT2D eigenvalue weighted by Crippen LogP contribution is -2.17. The summed E-state index contributed by atoms with van der Waals surface area (Å²) in [6, 6.07) is 0. The van der Waals surface area contributed by atoms with Crippen molar-refractivity contribution in [3.05, 3.63) is 0 Å². The van der Waals surface area contributed by atoms with Gasteiger partial charge in [-0.25, -0.2) is 0 Å². The Bertz CT molecular complexity index is 128. The van der Waals surface area contributed by atoms with Crippen LogP contribution in [0.15, 0.2) is 0 Å². The van der Waals surface area contributed by atoms with Gasteiger partial charge in [-0.2, -0.15) is 0 Å². The second kappa shape index (κ2) is 2.53. The summed E-state index contributed by atoms with van der Waals surface area (Å²) in [5.41, 5.74) is 0.0168. The molecule has 10 heavy (non-hydrogen) atoms. The van der Waals surface area contributed by atoms with Crippen LogP contribution in [0.4, 0.5) is 0 Å². The van der Waals surface area contributed by atoms with Crippen LogP contribution < -0.4 is 0 Å². The van der Waals surface area contributed by atoms with Crippen LogP contribution in [0, 0.1) is 5.41 Å². The summed E-state index contributed by atoms with van der Waals surface area (Å²) < 4.78 is 4.93. The molecular weight excluding hydrogens is 131 g/mol. The van der Waals surface area contributed by atoms with E-state index in [4.69, 9.17) is 14.8 Å². The van der Waals surface area contributed by atoms with Gasteiger partial charge in [0.2, 0.25) is 0 Å². The van der Waals surface area contributed by atoms with E-state index in [1.807, 2.05) is 6.92 Å². The molecule has 0 aliphatic heterocycles. The topological polar surface area (TPSA) is 49.7 Å². The predicted molar refractivity (Wildman–Crippen MR) is 38.5 cm³/mol. The van der Waals surface area contributed by atoms with Gasteiger partial charge in [-0.1, -0.05) is 6.92 Å². The van der Waals surface area contributed by atoms with Crippen LogP contribution in [0.2, 0.25) is 5.82 Å². The second-order valence-electron chi connectivity index (χ2n) is 3.31. The van der Waals surface area contributed by atoms with Gasteiger partial charge in [0.1, 0.15) is 0 Å². The molecule has 2 unspecified atom stereocenters. The summed E-state index contributed by atoms with van der Waals surface area (Å²) in [6.07, 6.45) is 0.860. The molecule has 0 amide bonds. The first kappa shape index (κ1) is 8.05. The number of hydrogen-bond acceptors (Lipinski definition) is 3. The molecule has 2 N–H and O–H groups in total. The van der Waals surface area contributed by atoms with Crippen molar-refractivity contribution in [3.8, 4) is 0 Å². The van der Waals surface area contributed by atoms with Crippen molar-refractivity contribution < 1.29 is 14.8 Å². The maximum atomic E-state index is 8.75. The van der Waals surface area contributed by atoms with Crippen LogP contribution in [-0.4, -0.2) is 30.9 Å². The zero-order valence-electron chi connectivity index (χ0n) is 6.37. The molecule has 0 heterocycles. The molecule has 0 aromatic rings.